The number of hydrogen-bond acceptors (Lipinski definition) is 4. The van der Waals surface area contributed by atoms with Crippen LogP contribution < -0.4 is 5.32 Å². The van der Waals surface area contributed by atoms with E-state index in [-0.39, 0.29) is 17.6 Å². The van der Waals surface area contributed by atoms with E-state index < -0.39 is 10.0 Å². The Bertz CT molecular complexity index is 975. The van der Waals surface area contributed by atoms with Crippen LogP contribution in [0, 0.1) is 5.92 Å². The molecule has 1 aromatic heterocycles. The molecular weight excluding hydrogens is 376 g/mol. The predicted molar refractivity (Wildman–Crippen MR) is 110 cm³/mol. The van der Waals surface area contributed by atoms with Gasteiger partial charge in [0, 0.05) is 37.7 Å². The third-order valence-corrected chi connectivity index (χ3v) is 7.84. The Morgan fingerprint density at radius 1 is 1.18 bits per heavy atom. The van der Waals surface area contributed by atoms with E-state index in [1.54, 1.807) is 6.92 Å². The minimum atomic E-state index is -3.17. The van der Waals surface area contributed by atoms with E-state index in [0.717, 1.165) is 35.5 Å². The molecule has 2 aliphatic heterocycles. The van der Waals surface area contributed by atoms with Gasteiger partial charge in [-0.3, -0.25) is 4.79 Å². The first-order valence-electron chi connectivity index (χ1n) is 10.3. The van der Waals surface area contributed by atoms with Crippen molar-refractivity contribution in [2.45, 2.75) is 52.0 Å². The number of benzene rings is 1. The molecule has 2 aliphatic rings. The minimum Gasteiger partial charge on any atom is -0.328 e. The van der Waals surface area contributed by atoms with Crippen molar-refractivity contribution in [1.29, 1.82) is 0 Å². The molecule has 1 saturated heterocycles. The largest absolute Gasteiger partial charge is 0.328 e. The van der Waals surface area contributed by atoms with E-state index in [0.29, 0.717) is 25.9 Å². The summed E-state index contributed by atoms with van der Waals surface area (Å²) in [6.45, 7) is 3.50. The van der Waals surface area contributed by atoms with Gasteiger partial charge in [-0.2, -0.15) is 0 Å². The van der Waals surface area contributed by atoms with E-state index in [9.17, 15) is 13.2 Å². The zero-order chi connectivity index (χ0) is 19.7. The maximum absolute atomic E-state index is 12.7. The molecule has 0 bridgehead atoms. The first-order chi connectivity index (χ1) is 13.5. The molecule has 0 unspecified atom stereocenters. The van der Waals surface area contributed by atoms with Gasteiger partial charge in [-0.1, -0.05) is 6.42 Å². The van der Waals surface area contributed by atoms with E-state index in [1.165, 1.54) is 23.6 Å². The fourth-order valence-electron chi connectivity index (χ4n) is 4.25. The quantitative estimate of drug-likeness (QED) is 0.849. The van der Waals surface area contributed by atoms with Crippen LogP contribution in [0.15, 0.2) is 18.2 Å². The second-order valence-electron chi connectivity index (χ2n) is 7.76. The van der Waals surface area contributed by atoms with Gasteiger partial charge in [0.1, 0.15) is 5.82 Å². The monoisotopic (exact) mass is 404 g/mol. The number of imidazole rings is 1. The number of hydrogen-bond donors (Lipinski definition) is 1. The summed E-state index contributed by atoms with van der Waals surface area (Å²) in [6.07, 6.45) is 5.74. The lowest BCUT2D eigenvalue weighted by Crippen LogP contribution is -2.42. The highest BCUT2D eigenvalue weighted by Crippen LogP contribution is 2.26. The molecule has 7 nitrogen and oxygen atoms in total. The summed E-state index contributed by atoms with van der Waals surface area (Å²) in [7, 11) is -3.17. The van der Waals surface area contributed by atoms with Gasteiger partial charge in [0.25, 0.3) is 0 Å². The number of sulfonamides is 1. The molecule has 2 aromatic rings. The Hall–Kier alpha value is -1.93. The van der Waals surface area contributed by atoms with Crippen LogP contribution in [0.5, 0.6) is 0 Å². The molecule has 1 amide bonds. The Morgan fingerprint density at radius 3 is 2.71 bits per heavy atom. The second-order valence-corrected chi connectivity index (χ2v) is 10.0. The van der Waals surface area contributed by atoms with Gasteiger partial charge < -0.3 is 9.88 Å². The molecule has 1 N–H and O–H groups in total. The van der Waals surface area contributed by atoms with Crippen LogP contribution in [0.4, 0.5) is 5.69 Å². The number of aromatic nitrogens is 2. The number of amides is 1. The predicted octanol–water partition coefficient (Wildman–Crippen LogP) is 2.76. The van der Waals surface area contributed by atoms with Gasteiger partial charge in [0.2, 0.25) is 15.9 Å². The Morgan fingerprint density at radius 2 is 1.96 bits per heavy atom. The maximum Gasteiger partial charge on any atom is 0.227 e. The van der Waals surface area contributed by atoms with Crippen molar-refractivity contribution in [3.63, 3.8) is 0 Å². The summed E-state index contributed by atoms with van der Waals surface area (Å²) in [5.41, 5.74) is 2.82. The van der Waals surface area contributed by atoms with Crippen LogP contribution in [0.3, 0.4) is 0 Å². The first-order valence-corrected chi connectivity index (χ1v) is 11.9. The number of nitrogens with one attached hydrogen (secondary N) is 1. The highest BCUT2D eigenvalue weighted by Gasteiger charge is 2.30. The Labute approximate surface area is 166 Å². The molecular formula is C20H28N4O3S. The van der Waals surface area contributed by atoms with Crippen molar-refractivity contribution >= 4 is 32.7 Å². The lowest BCUT2D eigenvalue weighted by Gasteiger charge is -2.30. The number of piperidine rings is 1. The van der Waals surface area contributed by atoms with E-state index in [2.05, 4.69) is 9.88 Å². The standard InChI is InChI=1S/C20H28N4O3S/c1-2-28(26,27)23-12-9-15(10-13-23)20(25)21-16-7-8-18-17(14-16)22-19-6-4-3-5-11-24(18)19/h7-8,14-15H,2-6,9-13H2,1H3,(H,21,25). The van der Waals surface area contributed by atoms with Crippen molar-refractivity contribution in [3.05, 3.63) is 24.0 Å². The van der Waals surface area contributed by atoms with Gasteiger partial charge in [0.05, 0.1) is 16.8 Å². The summed E-state index contributed by atoms with van der Waals surface area (Å²) >= 11 is 0. The fraction of sp³-hybridized carbons (Fsp3) is 0.600. The van der Waals surface area contributed by atoms with Gasteiger partial charge in [0.15, 0.2) is 0 Å². The zero-order valence-electron chi connectivity index (χ0n) is 16.4. The normalized spacial score (nSPS) is 19.3. The number of aryl methyl sites for hydroxylation is 2. The summed E-state index contributed by atoms with van der Waals surface area (Å²) in [4.78, 5) is 17.4. The van der Waals surface area contributed by atoms with Crippen LogP contribution in [-0.2, 0) is 27.8 Å². The van der Waals surface area contributed by atoms with Crippen LogP contribution in [0.1, 0.15) is 44.9 Å². The number of carbonyl (C=O) groups is 1. The van der Waals surface area contributed by atoms with Crippen molar-refractivity contribution < 1.29 is 13.2 Å². The molecule has 8 heteroatoms. The highest BCUT2D eigenvalue weighted by molar-refractivity contribution is 7.89. The third-order valence-electron chi connectivity index (χ3n) is 5.96. The number of anilines is 1. The highest BCUT2D eigenvalue weighted by atomic mass is 32.2. The third kappa shape index (κ3) is 3.80. The second kappa shape index (κ2) is 7.83. The van der Waals surface area contributed by atoms with E-state index >= 15 is 0 Å². The zero-order valence-corrected chi connectivity index (χ0v) is 17.2. The number of nitrogens with zero attached hydrogens (tertiary/aromatic N) is 3. The lowest BCUT2D eigenvalue weighted by atomic mass is 9.97. The van der Waals surface area contributed by atoms with Crippen LogP contribution in [0.2, 0.25) is 0 Å². The molecule has 0 spiro atoms. The SMILES string of the molecule is CCS(=O)(=O)N1CCC(C(=O)Nc2ccc3c(c2)nc2n3CCCCC2)CC1. The molecule has 0 aliphatic carbocycles. The summed E-state index contributed by atoms with van der Waals surface area (Å²) in [5, 5.41) is 3.01. The smallest absolute Gasteiger partial charge is 0.227 e. The molecule has 0 saturated carbocycles. The van der Waals surface area contributed by atoms with Gasteiger partial charge >= 0.3 is 0 Å². The number of carbonyl (C=O) groups excluding carboxylic acids is 1. The number of rotatable bonds is 4. The molecule has 1 aromatic carbocycles. The summed E-state index contributed by atoms with van der Waals surface area (Å²) in [5.74, 6) is 1.06. The average molecular weight is 405 g/mol. The van der Waals surface area contributed by atoms with E-state index in [4.69, 9.17) is 4.98 Å². The first kappa shape index (κ1) is 19.4. The molecule has 3 heterocycles. The topological polar surface area (TPSA) is 84.3 Å². The Kier molecular flexibility index (Phi) is 5.42. The molecule has 28 heavy (non-hydrogen) atoms. The van der Waals surface area contributed by atoms with Crippen molar-refractivity contribution in [2.75, 3.05) is 24.2 Å². The van der Waals surface area contributed by atoms with Gasteiger partial charge in [-0.05, 0) is 50.8 Å². The van der Waals surface area contributed by atoms with Crippen molar-refractivity contribution in [3.8, 4) is 0 Å². The molecule has 0 atom stereocenters. The van der Waals surface area contributed by atoms with Crippen molar-refractivity contribution in [1.82, 2.24) is 13.9 Å². The maximum atomic E-state index is 12.7. The summed E-state index contributed by atoms with van der Waals surface area (Å²) < 4.78 is 27.7. The fourth-order valence-corrected chi connectivity index (χ4v) is 5.38. The summed E-state index contributed by atoms with van der Waals surface area (Å²) in [6, 6.07) is 5.94. The lowest BCUT2D eigenvalue weighted by molar-refractivity contribution is -0.120. The molecule has 4 rings (SSSR count). The van der Waals surface area contributed by atoms with Crippen LogP contribution in [-0.4, -0.2) is 47.0 Å². The van der Waals surface area contributed by atoms with Crippen LogP contribution >= 0.6 is 0 Å². The minimum absolute atomic E-state index is 0.0336. The number of fused-ring (bicyclic) bond motifs is 3. The molecule has 0 radical (unpaired) electrons. The van der Waals surface area contributed by atoms with Crippen LogP contribution in [0.25, 0.3) is 11.0 Å². The van der Waals surface area contributed by atoms with Crippen molar-refractivity contribution in [2.24, 2.45) is 5.92 Å². The molecule has 1 fully saturated rings. The van der Waals surface area contributed by atoms with E-state index in [1.807, 2.05) is 18.2 Å². The average Bonchev–Trinajstić information content (AvgIpc) is 2.88. The van der Waals surface area contributed by atoms with Gasteiger partial charge in [-0.25, -0.2) is 17.7 Å². The molecule has 152 valence electrons. The Balaban J connectivity index is 1.43. The van der Waals surface area contributed by atoms with Gasteiger partial charge in [-0.15, -0.1) is 0 Å².